The van der Waals surface area contributed by atoms with Crippen molar-refractivity contribution in [2.75, 3.05) is 101 Å². The van der Waals surface area contributed by atoms with E-state index in [1.807, 2.05) is 0 Å². The highest BCUT2D eigenvalue weighted by Gasteiger charge is 2.35. The highest BCUT2D eigenvalue weighted by molar-refractivity contribution is 7.76. The van der Waals surface area contributed by atoms with Crippen molar-refractivity contribution in [2.24, 2.45) is 29.6 Å². The Morgan fingerprint density at radius 3 is 0.719 bits per heavy atom. The molecule has 0 nitrogen and oxygen atoms in total. The fourth-order valence-corrected chi connectivity index (χ4v) is 28.7. The Bertz CT molecular complexity index is 725. The van der Waals surface area contributed by atoms with Gasteiger partial charge >= 0.3 is 0 Å². The number of unbranched alkanes of at least 4 members (excludes halogenated alkanes) is 8. The van der Waals surface area contributed by atoms with Gasteiger partial charge in [0.1, 0.15) is 0 Å². The molecule has 0 saturated heterocycles. The summed E-state index contributed by atoms with van der Waals surface area (Å²) in [5, 5.41) is 0. The molecule has 0 aromatic heterocycles. The van der Waals surface area contributed by atoms with Crippen LogP contribution in [0.25, 0.3) is 0 Å². The molecule has 350 valence electrons. The van der Waals surface area contributed by atoms with Crippen molar-refractivity contribution in [1.29, 1.82) is 0 Å². The maximum atomic E-state index is 2.64. The first-order valence-corrected chi connectivity index (χ1v) is 37.0. The number of rotatable bonds is 32. The van der Waals surface area contributed by atoms with E-state index in [1.165, 1.54) is 146 Å². The number of hydrogen-bond acceptors (Lipinski definition) is 0. The van der Waals surface area contributed by atoms with E-state index in [-0.39, 0.29) is 0 Å². The van der Waals surface area contributed by atoms with Gasteiger partial charge in [-0.25, -0.2) is 0 Å². The fraction of sp³-hybridized carbons (Fsp3) is 1.00. The van der Waals surface area contributed by atoms with Gasteiger partial charge in [0.2, 0.25) is 0 Å². The fourth-order valence-electron chi connectivity index (χ4n) is 10.1. The summed E-state index contributed by atoms with van der Waals surface area (Å²) >= 11 is 0. The summed E-state index contributed by atoms with van der Waals surface area (Å²) in [4.78, 5) is 0. The van der Waals surface area contributed by atoms with Crippen LogP contribution in [-0.2, 0) is 0 Å². The van der Waals surface area contributed by atoms with E-state index in [0.29, 0.717) is 0 Å². The van der Waals surface area contributed by atoms with Gasteiger partial charge in [-0.1, -0.05) is 163 Å². The third-order valence-electron chi connectivity index (χ3n) is 11.5. The first kappa shape index (κ1) is 65.3. The van der Waals surface area contributed by atoms with Crippen LogP contribution < -0.4 is 0 Å². The summed E-state index contributed by atoms with van der Waals surface area (Å²) in [6.07, 6.45) is 39.7. The first-order valence-electron chi connectivity index (χ1n) is 25.8. The Balaban J connectivity index is -0.000000333. The van der Waals surface area contributed by atoms with E-state index in [1.54, 1.807) is 24.6 Å². The topological polar surface area (TPSA) is 0 Å². The molecule has 0 heterocycles. The lowest BCUT2D eigenvalue weighted by atomic mass is 10.1. The van der Waals surface area contributed by atoms with Crippen LogP contribution in [0.5, 0.6) is 0 Å². The lowest BCUT2D eigenvalue weighted by Gasteiger charge is -2.28. The van der Waals surface area contributed by atoms with E-state index in [9.17, 15) is 0 Å². The Hall–Kier alpha value is 1.72. The average Bonchev–Trinajstić information content (AvgIpc) is 3.06. The molecular formula is C53H122P4+4. The predicted octanol–water partition coefficient (Wildman–Crippen LogP) is 19.8. The van der Waals surface area contributed by atoms with Crippen molar-refractivity contribution >= 4 is 29.0 Å². The first-order chi connectivity index (χ1) is 26.5. The van der Waals surface area contributed by atoms with Gasteiger partial charge in [0.15, 0.2) is 0 Å². The maximum absolute atomic E-state index is 2.64. The molecule has 0 saturated carbocycles. The van der Waals surface area contributed by atoms with Crippen LogP contribution in [0.15, 0.2) is 0 Å². The van der Waals surface area contributed by atoms with Gasteiger partial charge < -0.3 is 0 Å². The van der Waals surface area contributed by atoms with E-state index in [2.05, 4.69) is 144 Å². The Labute approximate surface area is 371 Å². The van der Waals surface area contributed by atoms with Crippen molar-refractivity contribution in [3.63, 3.8) is 0 Å². The second kappa shape index (κ2) is 40.5. The Kier molecular flexibility index (Phi) is 46.4. The van der Waals surface area contributed by atoms with E-state index in [4.69, 9.17) is 0 Å². The summed E-state index contributed by atoms with van der Waals surface area (Å²) in [7, 11) is -2.26. The van der Waals surface area contributed by atoms with Crippen molar-refractivity contribution in [3.05, 3.63) is 0 Å². The second-order valence-electron chi connectivity index (χ2n) is 22.3. The molecule has 0 aromatic carbocycles. The van der Waals surface area contributed by atoms with Crippen molar-refractivity contribution < 1.29 is 0 Å². The minimum absolute atomic E-state index is 0.469. The normalized spacial score (nSPS) is 12.5. The van der Waals surface area contributed by atoms with Gasteiger partial charge in [-0.05, 0) is 81.0 Å². The maximum Gasteiger partial charge on any atom is 0.0614 e. The SMILES string of the molecule is CC(C)C[P+](C)(CC(C)C)CC(C)C.CCCCCCCC[P+](C)(CC(C)C)CC(C)C.CCCC[P+](C)(CCCC)CCCC.CCC[P+](C)(CCC)CCC. The van der Waals surface area contributed by atoms with Crippen LogP contribution >= 0.6 is 29.0 Å². The molecule has 0 aromatic rings. The molecule has 0 amide bonds. The average molecular weight is 883 g/mol. The van der Waals surface area contributed by atoms with E-state index in [0.717, 1.165) is 29.6 Å². The summed E-state index contributed by atoms with van der Waals surface area (Å²) in [5.41, 5.74) is 0. The van der Waals surface area contributed by atoms with Crippen molar-refractivity contribution in [1.82, 2.24) is 0 Å². The van der Waals surface area contributed by atoms with E-state index >= 15 is 0 Å². The molecule has 0 aliphatic carbocycles. The highest BCUT2D eigenvalue weighted by atomic mass is 31.2. The van der Waals surface area contributed by atoms with Crippen molar-refractivity contribution in [3.8, 4) is 0 Å². The summed E-state index contributed by atoms with van der Waals surface area (Å²) < 4.78 is 0. The lowest BCUT2D eigenvalue weighted by molar-refractivity contribution is 0.623. The zero-order valence-corrected chi connectivity index (χ0v) is 48.3. The van der Waals surface area contributed by atoms with Gasteiger partial charge in [0.05, 0.1) is 73.9 Å². The quantitative estimate of drug-likeness (QED) is 0.0466. The van der Waals surface area contributed by atoms with Crippen LogP contribution in [0, 0.1) is 29.6 Å². The summed E-state index contributed by atoms with van der Waals surface area (Å²) in [6, 6.07) is 0. The summed E-state index contributed by atoms with van der Waals surface area (Å²) in [5.74, 6) is 4.42. The van der Waals surface area contributed by atoms with Gasteiger partial charge in [-0.3, -0.25) is 0 Å². The molecule has 0 aliphatic rings. The molecule has 0 atom stereocenters. The zero-order chi connectivity index (χ0) is 45.0. The monoisotopic (exact) mass is 883 g/mol. The molecule has 0 bridgehead atoms. The molecule has 0 fully saturated rings. The molecule has 4 heteroatoms. The van der Waals surface area contributed by atoms with Crippen LogP contribution in [0.2, 0.25) is 0 Å². The largest absolute Gasteiger partial charge is 0.0654 e. The van der Waals surface area contributed by atoms with Crippen LogP contribution in [0.3, 0.4) is 0 Å². The molecule has 0 rings (SSSR count). The third-order valence-corrected chi connectivity index (χ3v) is 29.7. The standard InChI is InChI=1S/C17H38P.2C13H30P.C10H24P/c1-7-8-9-10-11-12-13-18(6,14-16(2)3)15-17(4)5;1-11(2)8-14(7,9-12(3)4)10-13(5)6;1-5-8-11-14(4,12-9-6-2)13-10-7-3;1-5-8-11(4,9-6-2)10-7-3/h16-17H,7-15H2,1-6H3;11-13H,8-10H2,1-7H3;5-13H2,1-4H3;5-10H2,1-4H3/q4*+1. The van der Waals surface area contributed by atoms with Crippen LogP contribution in [-0.4, -0.2) is 101 Å². The Morgan fingerprint density at radius 1 is 0.228 bits per heavy atom. The predicted molar refractivity (Wildman–Crippen MR) is 293 cm³/mol. The van der Waals surface area contributed by atoms with Gasteiger partial charge in [-0.15, -0.1) is 0 Å². The van der Waals surface area contributed by atoms with Gasteiger partial charge in [0.25, 0.3) is 0 Å². The molecule has 0 unspecified atom stereocenters. The van der Waals surface area contributed by atoms with Crippen LogP contribution in [0.4, 0.5) is 0 Å². The molecule has 0 radical (unpaired) electrons. The van der Waals surface area contributed by atoms with E-state index < -0.39 is 29.0 Å². The molecular weight excluding hydrogens is 760 g/mol. The lowest BCUT2D eigenvalue weighted by Crippen LogP contribution is -2.16. The second-order valence-corrected chi connectivity index (χ2v) is 40.2. The van der Waals surface area contributed by atoms with Crippen molar-refractivity contribution in [2.45, 2.75) is 214 Å². The third kappa shape index (κ3) is 45.6. The minimum Gasteiger partial charge on any atom is -0.0654 e. The molecule has 0 aliphatic heterocycles. The molecule has 0 N–H and O–H groups in total. The molecule has 57 heavy (non-hydrogen) atoms. The zero-order valence-electron chi connectivity index (χ0n) is 44.8. The van der Waals surface area contributed by atoms with Gasteiger partial charge in [0, 0.05) is 55.7 Å². The van der Waals surface area contributed by atoms with Crippen LogP contribution in [0.1, 0.15) is 214 Å². The molecule has 0 spiro atoms. The Morgan fingerprint density at radius 2 is 0.456 bits per heavy atom. The smallest absolute Gasteiger partial charge is 0.0614 e. The number of hydrogen-bond donors (Lipinski definition) is 0. The summed E-state index contributed by atoms with van der Waals surface area (Å²) in [6.45, 7) is 50.5. The van der Waals surface area contributed by atoms with Gasteiger partial charge in [-0.2, -0.15) is 0 Å². The minimum atomic E-state index is -0.638. The highest BCUT2D eigenvalue weighted by Crippen LogP contribution is 2.60.